The van der Waals surface area contributed by atoms with E-state index in [1.807, 2.05) is 0 Å². The second kappa shape index (κ2) is 4.79. The van der Waals surface area contributed by atoms with Crippen LogP contribution < -0.4 is 5.73 Å². The SMILES string of the molecule is CC(C)(C)C1CCC(CN)(C2(O)CCCC2)CC1. The molecular weight excluding hydrogens is 222 g/mol. The first-order valence-electron chi connectivity index (χ1n) is 7.75. The number of nitrogens with two attached hydrogens (primary N) is 1. The van der Waals surface area contributed by atoms with Crippen LogP contribution in [-0.4, -0.2) is 17.3 Å². The van der Waals surface area contributed by atoms with Crippen LogP contribution in [0.1, 0.15) is 72.1 Å². The van der Waals surface area contributed by atoms with Gasteiger partial charge < -0.3 is 10.8 Å². The first kappa shape index (κ1) is 14.3. The summed E-state index contributed by atoms with van der Waals surface area (Å²) in [5.41, 5.74) is 6.06. The predicted molar refractivity (Wildman–Crippen MR) is 76.3 cm³/mol. The molecule has 2 rings (SSSR count). The Bertz CT molecular complexity index is 278. The third-order valence-electron chi connectivity index (χ3n) is 5.98. The van der Waals surface area contributed by atoms with Gasteiger partial charge in [-0.2, -0.15) is 0 Å². The van der Waals surface area contributed by atoms with Gasteiger partial charge in [0.05, 0.1) is 5.60 Å². The molecule has 0 aliphatic heterocycles. The molecule has 106 valence electrons. The third-order valence-corrected chi connectivity index (χ3v) is 5.98. The van der Waals surface area contributed by atoms with Crippen LogP contribution in [0.2, 0.25) is 0 Å². The van der Waals surface area contributed by atoms with Crippen LogP contribution >= 0.6 is 0 Å². The van der Waals surface area contributed by atoms with Crippen molar-refractivity contribution in [3.05, 3.63) is 0 Å². The molecule has 2 nitrogen and oxygen atoms in total. The fourth-order valence-corrected chi connectivity index (χ4v) is 4.39. The van der Waals surface area contributed by atoms with Crippen LogP contribution in [0.4, 0.5) is 0 Å². The highest BCUT2D eigenvalue weighted by molar-refractivity contribution is 5.04. The molecule has 0 unspecified atom stereocenters. The highest BCUT2D eigenvalue weighted by Gasteiger charge is 2.52. The molecule has 2 aliphatic rings. The Hall–Kier alpha value is -0.0800. The topological polar surface area (TPSA) is 46.2 Å². The minimum Gasteiger partial charge on any atom is -0.389 e. The highest BCUT2D eigenvalue weighted by atomic mass is 16.3. The monoisotopic (exact) mass is 253 g/mol. The van der Waals surface area contributed by atoms with Crippen molar-refractivity contribution in [2.24, 2.45) is 22.5 Å². The lowest BCUT2D eigenvalue weighted by Gasteiger charge is -2.51. The van der Waals surface area contributed by atoms with Crippen LogP contribution in [0.15, 0.2) is 0 Å². The highest BCUT2D eigenvalue weighted by Crippen LogP contribution is 2.54. The van der Waals surface area contributed by atoms with Crippen molar-refractivity contribution in [1.29, 1.82) is 0 Å². The molecule has 0 atom stereocenters. The Balaban J connectivity index is 2.09. The van der Waals surface area contributed by atoms with E-state index in [2.05, 4.69) is 20.8 Å². The average Bonchev–Trinajstić information content (AvgIpc) is 2.76. The van der Waals surface area contributed by atoms with Gasteiger partial charge in [-0.05, 0) is 49.9 Å². The zero-order valence-corrected chi connectivity index (χ0v) is 12.5. The van der Waals surface area contributed by atoms with Gasteiger partial charge in [-0.15, -0.1) is 0 Å². The van der Waals surface area contributed by atoms with Gasteiger partial charge in [0, 0.05) is 12.0 Å². The first-order chi connectivity index (χ1) is 8.33. The smallest absolute Gasteiger partial charge is 0.0715 e. The molecule has 0 radical (unpaired) electrons. The van der Waals surface area contributed by atoms with Crippen LogP contribution in [0.25, 0.3) is 0 Å². The summed E-state index contributed by atoms with van der Waals surface area (Å²) in [6.07, 6.45) is 9.05. The molecule has 0 aromatic rings. The molecule has 2 heteroatoms. The van der Waals surface area contributed by atoms with Gasteiger partial charge in [0.25, 0.3) is 0 Å². The maximum absolute atomic E-state index is 11.0. The van der Waals surface area contributed by atoms with Crippen LogP contribution in [-0.2, 0) is 0 Å². The van der Waals surface area contributed by atoms with Gasteiger partial charge in [-0.1, -0.05) is 33.6 Å². The van der Waals surface area contributed by atoms with Gasteiger partial charge >= 0.3 is 0 Å². The Morgan fingerprint density at radius 1 is 1.06 bits per heavy atom. The third kappa shape index (κ3) is 2.34. The largest absolute Gasteiger partial charge is 0.389 e. The van der Waals surface area contributed by atoms with E-state index in [0.717, 1.165) is 31.6 Å². The molecule has 0 bridgehead atoms. The standard InChI is InChI=1S/C16H31NO/c1-14(2,3)13-6-10-15(12-17,11-7-13)16(18)8-4-5-9-16/h13,18H,4-12,17H2,1-3H3. The zero-order valence-electron chi connectivity index (χ0n) is 12.5. The van der Waals surface area contributed by atoms with Crippen molar-refractivity contribution in [2.75, 3.05) is 6.54 Å². The summed E-state index contributed by atoms with van der Waals surface area (Å²) in [5, 5.41) is 11.0. The Labute approximate surface area is 112 Å². The molecule has 0 spiro atoms. The van der Waals surface area contributed by atoms with E-state index in [4.69, 9.17) is 5.73 Å². The van der Waals surface area contributed by atoms with Crippen LogP contribution in [0, 0.1) is 16.7 Å². The summed E-state index contributed by atoms with van der Waals surface area (Å²) in [4.78, 5) is 0. The fraction of sp³-hybridized carbons (Fsp3) is 1.00. The van der Waals surface area contributed by atoms with Crippen molar-refractivity contribution in [2.45, 2.75) is 77.7 Å². The molecule has 0 saturated heterocycles. The summed E-state index contributed by atoms with van der Waals surface area (Å²) >= 11 is 0. The van der Waals surface area contributed by atoms with E-state index < -0.39 is 5.60 Å². The second-order valence-electron chi connectivity index (χ2n) is 7.86. The summed E-state index contributed by atoms with van der Waals surface area (Å²) in [7, 11) is 0. The molecule has 0 heterocycles. The molecule has 2 aliphatic carbocycles. The maximum atomic E-state index is 11.0. The Morgan fingerprint density at radius 2 is 1.56 bits per heavy atom. The van der Waals surface area contributed by atoms with Crippen molar-refractivity contribution >= 4 is 0 Å². The summed E-state index contributed by atoms with van der Waals surface area (Å²) < 4.78 is 0. The molecular formula is C16H31NO. The van der Waals surface area contributed by atoms with Crippen LogP contribution in [0.5, 0.6) is 0 Å². The van der Waals surface area contributed by atoms with Crippen molar-refractivity contribution < 1.29 is 5.11 Å². The molecule has 2 fully saturated rings. The number of hydrogen-bond acceptors (Lipinski definition) is 2. The Morgan fingerprint density at radius 3 is 1.94 bits per heavy atom. The molecule has 18 heavy (non-hydrogen) atoms. The van der Waals surface area contributed by atoms with E-state index in [1.54, 1.807) is 0 Å². The van der Waals surface area contributed by atoms with Gasteiger partial charge in [-0.25, -0.2) is 0 Å². The van der Waals surface area contributed by atoms with Crippen molar-refractivity contribution in [1.82, 2.24) is 0 Å². The zero-order chi connectivity index (χ0) is 13.4. The van der Waals surface area contributed by atoms with Gasteiger partial charge in [0.1, 0.15) is 0 Å². The number of aliphatic hydroxyl groups is 1. The lowest BCUT2D eigenvalue weighted by atomic mass is 9.57. The van der Waals surface area contributed by atoms with E-state index >= 15 is 0 Å². The fourth-order valence-electron chi connectivity index (χ4n) is 4.39. The van der Waals surface area contributed by atoms with Gasteiger partial charge in [-0.3, -0.25) is 0 Å². The summed E-state index contributed by atoms with van der Waals surface area (Å²) in [6.45, 7) is 7.70. The number of hydrogen-bond donors (Lipinski definition) is 2. The Kier molecular flexibility index (Phi) is 3.81. The molecule has 0 aromatic heterocycles. The molecule has 0 aromatic carbocycles. The summed E-state index contributed by atoms with van der Waals surface area (Å²) in [6, 6.07) is 0. The summed E-state index contributed by atoms with van der Waals surface area (Å²) in [5.74, 6) is 0.794. The van der Waals surface area contributed by atoms with E-state index in [0.29, 0.717) is 12.0 Å². The van der Waals surface area contributed by atoms with Crippen LogP contribution in [0.3, 0.4) is 0 Å². The van der Waals surface area contributed by atoms with Gasteiger partial charge in [0.15, 0.2) is 0 Å². The predicted octanol–water partition coefficient (Wildman–Crippen LogP) is 3.47. The van der Waals surface area contributed by atoms with Gasteiger partial charge in [0.2, 0.25) is 0 Å². The van der Waals surface area contributed by atoms with Crippen molar-refractivity contribution in [3.8, 4) is 0 Å². The van der Waals surface area contributed by atoms with Crippen molar-refractivity contribution in [3.63, 3.8) is 0 Å². The van der Waals surface area contributed by atoms with E-state index in [9.17, 15) is 5.11 Å². The van der Waals surface area contributed by atoms with E-state index in [1.165, 1.54) is 25.7 Å². The lowest BCUT2D eigenvalue weighted by Crippen LogP contribution is -2.53. The minimum absolute atomic E-state index is 0.0191. The number of rotatable bonds is 2. The quantitative estimate of drug-likeness (QED) is 0.791. The van der Waals surface area contributed by atoms with E-state index in [-0.39, 0.29) is 5.41 Å². The first-order valence-corrected chi connectivity index (χ1v) is 7.75. The maximum Gasteiger partial charge on any atom is 0.0715 e. The average molecular weight is 253 g/mol. The molecule has 2 saturated carbocycles. The lowest BCUT2D eigenvalue weighted by molar-refractivity contribution is -0.106. The molecule has 0 amide bonds. The molecule has 3 N–H and O–H groups in total. The minimum atomic E-state index is -0.454. The second-order valence-corrected chi connectivity index (χ2v) is 7.86. The normalized spacial score (nSPS) is 36.8.